The van der Waals surface area contributed by atoms with Crippen molar-refractivity contribution in [2.75, 3.05) is 33.0 Å². The fourth-order valence-corrected chi connectivity index (χ4v) is 5.39. The monoisotopic (exact) mass is 686 g/mol. The largest absolute Gasteiger partial charge is 0.465 e. The Morgan fingerprint density at radius 2 is 1.00 bits per heavy atom. The van der Waals surface area contributed by atoms with Gasteiger partial charge in [-0.25, -0.2) is 14.4 Å². The molecule has 2 saturated carbocycles. The van der Waals surface area contributed by atoms with E-state index in [-0.39, 0.29) is 80.4 Å². The molecule has 0 N–H and O–H groups in total. The molecule has 0 aromatic rings. The Morgan fingerprint density at radius 3 is 1.51 bits per heavy atom. The third-order valence-electron chi connectivity index (χ3n) is 8.21. The van der Waals surface area contributed by atoms with Gasteiger partial charge in [0.05, 0.1) is 49.8 Å². The van der Waals surface area contributed by atoms with E-state index in [0.29, 0.717) is 77.0 Å². The number of carbonyl (C=O) groups is 6. The van der Waals surface area contributed by atoms with Crippen LogP contribution in [0, 0.1) is 17.8 Å². The maximum atomic E-state index is 12.8. The van der Waals surface area contributed by atoms with Crippen LogP contribution in [0.5, 0.6) is 0 Å². The third kappa shape index (κ3) is 16.5. The Hall–Kier alpha value is -4.48. The maximum absolute atomic E-state index is 12.8. The zero-order chi connectivity index (χ0) is 35.9. The average molecular weight is 687 g/mol. The zero-order valence-corrected chi connectivity index (χ0v) is 28.3. The van der Waals surface area contributed by atoms with Crippen LogP contribution in [0.25, 0.3) is 0 Å². The lowest BCUT2D eigenvalue weighted by Gasteiger charge is -2.30. The fourth-order valence-electron chi connectivity index (χ4n) is 5.39. The molecule has 0 amide bonds. The summed E-state index contributed by atoms with van der Waals surface area (Å²) < 4.78 is 31.5. The van der Waals surface area contributed by atoms with E-state index in [1.165, 1.54) is 18.2 Å². The van der Waals surface area contributed by atoms with Gasteiger partial charge in [0.15, 0.2) is 0 Å². The summed E-state index contributed by atoms with van der Waals surface area (Å²) in [7, 11) is 0. The second kappa shape index (κ2) is 23.8. The van der Waals surface area contributed by atoms with Gasteiger partial charge in [-0.2, -0.15) is 0 Å². The third-order valence-corrected chi connectivity index (χ3v) is 8.21. The smallest absolute Gasteiger partial charge is 0.338 e. The first kappa shape index (κ1) is 40.7. The van der Waals surface area contributed by atoms with Crippen LogP contribution in [0.1, 0.15) is 77.0 Å². The molecule has 0 radical (unpaired) electrons. The van der Waals surface area contributed by atoms with Crippen molar-refractivity contribution in [1.29, 1.82) is 0 Å². The molecule has 270 valence electrons. The van der Waals surface area contributed by atoms with Crippen molar-refractivity contribution in [2.24, 2.45) is 17.8 Å². The molecule has 49 heavy (non-hydrogen) atoms. The summed E-state index contributed by atoms with van der Waals surface area (Å²) >= 11 is 0. The Morgan fingerprint density at radius 1 is 0.551 bits per heavy atom. The summed E-state index contributed by atoms with van der Waals surface area (Å²) in [5.41, 5.74) is 0.244. The van der Waals surface area contributed by atoms with Gasteiger partial charge in [0.2, 0.25) is 0 Å². The number of carbonyl (C=O) groups excluding carboxylic acids is 6. The van der Waals surface area contributed by atoms with E-state index >= 15 is 0 Å². The highest BCUT2D eigenvalue weighted by Crippen LogP contribution is 2.33. The predicted octanol–water partition coefficient (Wildman–Crippen LogP) is 5.21. The second-order valence-electron chi connectivity index (χ2n) is 11.8. The fraction of sp³-hybridized carbons (Fsp3) is 0.568. The standard InChI is InChI=1S/C37H50O12/c1-4-12-27(34(40)46-24-9-7-22-44-32(38)5-2)13-11-26-48-35(41)28-14-16-30(17-15-28)37(43)49-31-20-18-29(19-21-31)36(42)47-25-10-8-23-45-33(39)6-3/h4-6,11-13,28-31H,1-3,7-10,14-26H2/b13-11-,27-12+. The van der Waals surface area contributed by atoms with E-state index in [1.54, 1.807) is 6.08 Å². The zero-order valence-electron chi connectivity index (χ0n) is 28.3. The minimum Gasteiger partial charge on any atom is -0.465 e. The van der Waals surface area contributed by atoms with Crippen molar-refractivity contribution in [3.63, 3.8) is 0 Å². The molecule has 0 saturated heterocycles. The molecule has 0 aromatic carbocycles. The van der Waals surface area contributed by atoms with Gasteiger partial charge in [0, 0.05) is 12.2 Å². The molecule has 2 rings (SSSR count). The number of hydrogen-bond donors (Lipinski definition) is 0. The SMILES string of the molecule is C=C/C=C(\C=C/COC(=O)C1CCC(C(=O)OC2CCC(C(=O)OCCCCOC(=O)C=C)CC2)CC1)C(=O)OCCCCOC(=O)C=C. The summed E-state index contributed by atoms with van der Waals surface area (Å²) in [4.78, 5) is 72.3. The Kier molecular flexibility index (Phi) is 19.8. The quantitative estimate of drug-likeness (QED) is 0.0511. The van der Waals surface area contributed by atoms with Crippen molar-refractivity contribution < 1.29 is 57.2 Å². The van der Waals surface area contributed by atoms with Crippen molar-refractivity contribution >= 4 is 35.8 Å². The number of esters is 6. The predicted molar refractivity (Wildman–Crippen MR) is 178 cm³/mol. The molecular weight excluding hydrogens is 636 g/mol. The lowest BCUT2D eigenvalue weighted by molar-refractivity contribution is -0.161. The first-order valence-corrected chi connectivity index (χ1v) is 17.0. The van der Waals surface area contributed by atoms with Crippen molar-refractivity contribution in [3.8, 4) is 0 Å². The second-order valence-corrected chi connectivity index (χ2v) is 11.8. The molecule has 12 heteroatoms. The Bertz CT molecular complexity index is 1200. The van der Waals surface area contributed by atoms with Crippen LogP contribution in [0.15, 0.2) is 61.8 Å². The number of hydrogen-bond acceptors (Lipinski definition) is 12. The van der Waals surface area contributed by atoms with E-state index in [1.807, 2.05) is 0 Å². The van der Waals surface area contributed by atoms with E-state index in [2.05, 4.69) is 19.7 Å². The van der Waals surface area contributed by atoms with E-state index < -0.39 is 17.9 Å². The van der Waals surface area contributed by atoms with Crippen LogP contribution >= 0.6 is 0 Å². The highest BCUT2D eigenvalue weighted by atomic mass is 16.6. The van der Waals surface area contributed by atoms with Gasteiger partial charge in [-0.3, -0.25) is 14.4 Å². The maximum Gasteiger partial charge on any atom is 0.338 e. The summed E-state index contributed by atoms with van der Waals surface area (Å²) in [5, 5.41) is 0. The van der Waals surface area contributed by atoms with Crippen molar-refractivity contribution in [1.82, 2.24) is 0 Å². The van der Waals surface area contributed by atoms with Crippen LogP contribution in [0.2, 0.25) is 0 Å². The summed E-state index contributed by atoms with van der Waals surface area (Å²) in [5.74, 6) is -3.22. The average Bonchev–Trinajstić information content (AvgIpc) is 3.12. The van der Waals surface area contributed by atoms with Crippen LogP contribution in [-0.2, 0) is 57.2 Å². The summed E-state index contributed by atoms with van der Waals surface area (Å²) in [6.45, 7) is 11.1. The topological polar surface area (TPSA) is 158 Å². The molecule has 0 aliphatic heterocycles. The molecule has 2 fully saturated rings. The van der Waals surface area contributed by atoms with Gasteiger partial charge in [-0.15, -0.1) is 0 Å². The van der Waals surface area contributed by atoms with Gasteiger partial charge >= 0.3 is 35.8 Å². The molecule has 0 spiro atoms. The van der Waals surface area contributed by atoms with E-state index in [4.69, 9.17) is 28.4 Å². The molecule has 0 bridgehead atoms. The molecular formula is C37H50O12. The first-order valence-electron chi connectivity index (χ1n) is 17.0. The molecule has 0 unspecified atom stereocenters. The van der Waals surface area contributed by atoms with Crippen LogP contribution in [-0.4, -0.2) is 75.0 Å². The van der Waals surface area contributed by atoms with Crippen molar-refractivity contribution in [2.45, 2.75) is 83.2 Å². The van der Waals surface area contributed by atoms with Crippen LogP contribution in [0.3, 0.4) is 0 Å². The van der Waals surface area contributed by atoms with Gasteiger partial charge in [0.25, 0.3) is 0 Å². The van der Waals surface area contributed by atoms with Crippen LogP contribution in [0.4, 0.5) is 0 Å². The normalized spacial score (nSPS) is 20.7. The summed E-state index contributed by atoms with van der Waals surface area (Å²) in [6, 6.07) is 0. The van der Waals surface area contributed by atoms with Gasteiger partial charge in [-0.05, 0) is 95.3 Å². The molecule has 0 heterocycles. The lowest BCUT2D eigenvalue weighted by atomic mass is 9.82. The van der Waals surface area contributed by atoms with Gasteiger partial charge in [0.1, 0.15) is 12.7 Å². The Labute approximate surface area is 288 Å². The minimum atomic E-state index is -0.555. The number of rotatable bonds is 21. The van der Waals surface area contributed by atoms with E-state index in [0.717, 1.165) is 12.2 Å². The minimum absolute atomic E-state index is 0.0271. The van der Waals surface area contributed by atoms with Gasteiger partial charge < -0.3 is 28.4 Å². The number of unbranched alkanes of at least 4 members (excludes halogenated alkanes) is 2. The number of ether oxygens (including phenoxy) is 6. The van der Waals surface area contributed by atoms with E-state index in [9.17, 15) is 28.8 Å². The van der Waals surface area contributed by atoms with Crippen LogP contribution < -0.4 is 0 Å². The Balaban J connectivity index is 1.60. The highest BCUT2D eigenvalue weighted by molar-refractivity contribution is 5.92. The summed E-state index contributed by atoms with van der Waals surface area (Å²) in [6.07, 6.45) is 14.6. The van der Waals surface area contributed by atoms with Gasteiger partial charge in [-0.1, -0.05) is 25.8 Å². The highest BCUT2D eigenvalue weighted by Gasteiger charge is 2.34. The molecule has 12 nitrogen and oxygen atoms in total. The van der Waals surface area contributed by atoms with Crippen molar-refractivity contribution in [3.05, 3.63) is 61.8 Å². The number of allylic oxidation sites excluding steroid dienone is 2. The molecule has 2 aliphatic carbocycles. The lowest BCUT2D eigenvalue weighted by Crippen LogP contribution is -2.33. The molecule has 0 aromatic heterocycles. The first-order chi connectivity index (χ1) is 23.7. The molecule has 0 atom stereocenters. The molecule has 2 aliphatic rings.